The molecule has 0 aromatic heterocycles. The number of rotatable bonds is 1. The van der Waals surface area contributed by atoms with Gasteiger partial charge in [-0.05, 0) is 65.6 Å². The van der Waals surface area contributed by atoms with Crippen molar-refractivity contribution in [2.45, 2.75) is 18.8 Å². The second-order valence-corrected chi connectivity index (χ2v) is 5.36. The quantitative estimate of drug-likeness (QED) is 0.782. The van der Waals surface area contributed by atoms with Gasteiger partial charge in [-0.25, -0.2) is 0 Å². The number of benzene rings is 1. The molecule has 1 aromatic carbocycles. The van der Waals surface area contributed by atoms with E-state index in [1.807, 2.05) is 6.07 Å². The third-order valence-corrected chi connectivity index (χ3v) is 3.70. The van der Waals surface area contributed by atoms with Gasteiger partial charge in [0.05, 0.1) is 0 Å². The summed E-state index contributed by atoms with van der Waals surface area (Å²) in [4.78, 5) is 0. The third kappa shape index (κ3) is 2.41. The van der Waals surface area contributed by atoms with Crippen LogP contribution in [0.1, 0.15) is 24.3 Å². The minimum absolute atomic E-state index is 0.605. The van der Waals surface area contributed by atoms with Crippen LogP contribution in [-0.2, 0) is 0 Å². The van der Waals surface area contributed by atoms with Crippen LogP contribution in [0, 0.1) is 3.57 Å². The Hall–Kier alpha value is 0.200. The second kappa shape index (κ2) is 4.81. The fourth-order valence-electron chi connectivity index (χ4n) is 1.95. The Morgan fingerprint density at radius 3 is 2.93 bits per heavy atom. The molecule has 1 fully saturated rings. The molecular formula is C11H13ClIN. The van der Waals surface area contributed by atoms with Gasteiger partial charge in [0.1, 0.15) is 0 Å². The summed E-state index contributed by atoms with van der Waals surface area (Å²) in [5.74, 6) is 0.605. The first-order valence-electron chi connectivity index (χ1n) is 4.93. The van der Waals surface area contributed by atoms with Crippen molar-refractivity contribution < 1.29 is 0 Å². The van der Waals surface area contributed by atoms with Gasteiger partial charge in [-0.2, -0.15) is 0 Å². The molecule has 0 spiro atoms. The van der Waals surface area contributed by atoms with Gasteiger partial charge in [-0.1, -0.05) is 17.7 Å². The zero-order valence-corrected chi connectivity index (χ0v) is 10.8. The molecule has 1 aliphatic rings. The Kier molecular flexibility index (Phi) is 3.68. The number of nitrogens with one attached hydrogen (secondary N) is 1. The fourth-order valence-corrected chi connectivity index (χ4v) is 2.96. The van der Waals surface area contributed by atoms with E-state index < -0.39 is 0 Å². The number of piperidine rings is 1. The summed E-state index contributed by atoms with van der Waals surface area (Å²) in [5, 5.41) is 4.34. The summed E-state index contributed by atoms with van der Waals surface area (Å²) in [7, 11) is 0. The summed E-state index contributed by atoms with van der Waals surface area (Å²) < 4.78 is 1.21. The fraction of sp³-hybridized carbons (Fsp3) is 0.455. The maximum absolute atomic E-state index is 6.23. The molecule has 2 rings (SSSR count). The van der Waals surface area contributed by atoms with Gasteiger partial charge in [0.25, 0.3) is 0 Å². The second-order valence-electron chi connectivity index (χ2n) is 3.71. The van der Waals surface area contributed by atoms with Gasteiger partial charge >= 0.3 is 0 Å². The first-order chi connectivity index (χ1) is 6.77. The first-order valence-corrected chi connectivity index (χ1v) is 6.38. The lowest BCUT2D eigenvalue weighted by atomic mass is 9.92. The summed E-state index contributed by atoms with van der Waals surface area (Å²) in [6.45, 7) is 2.22. The van der Waals surface area contributed by atoms with E-state index in [0.29, 0.717) is 5.92 Å². The van der Waals surface area contributed by atoms with Crippen molar-refractivity contribution >= 4 is 34.2 Å². The lowest BCUT2D eigenvalue weighted by Crippen LogP contribution is -2.28. The normalized spacial score (nSPS) is 22.3. The van der Waals surface area contributed by atoms with Crippen molar-refractivity contribution in [3.63, 3.8) is 0 Å². The highest BCUT2D eigenvalue weighted by Crippen LogP contribution is 2.30. The molecule has 1 nitrogen and oxygen atoms in total. The molecule has 76 valence electrons. The monoisotopic (exact) mass is 321 g/mol. The maximum atomic E-state index is 6.23. The third-order valence-electron chi connectivity index (χ3n) is 2.70. The van der Waals surface area contributed by atoms with Crippen molar-refractivity contribution in [2.24, 2.45) is 0 Å². The van der Waals surface area contributed by atoms with Gasteiger partial charge < -0.3 is 5.32 Å². The highest BCUT2D eigenvalue weighted by Gasteiger charge is 2.17. The van der Waals surface area contributed by atoms with Crippen LogP contribution in [0.4, 0.5) is 0 Å². The van der Waals surface area contributed by atoms with Crippen molar-refractivity contribution in [3.05, 3.63) is 32.4 Å². The van der Waals surface area contributed by atoms with E-state index in [0.717, 1.165) is 18.1 Å². The zero-order valence-electron chi connectivity index (χ0n) is 7.89. The SMILES string of the molecule is Clc1cc(I)ccc1[C@H]1CCCNC1. The average Bonchev–Trinajstić information content (AvgIpc) is 2.19. The van der Waals surface area contributed by atoms with Crippen LogP contribution >= 0.6 is 34.2 Å². The van der Waals surface area contributed by atoms with Gasteiger partial charge in [-0.15, -0.1) is 0 Å². The molecule has 1 aromatic rings. The van der Waals surface area contributed by atoms with Gasteiger partial charge in [-0.3, -0.25) is 0 Å². The molecule has 0 saturated carbocycles. The van der Waals surface area contributed by atoms with Crippen molar-refractivity contribution in [1.29, 1.82) is 0 Å². The molecule has 0 unspecified atom stereocenters. The molecule has 1 heterocycles. The van der Waals surface area contributed by atoms with E-state index in [9.17, 15) is 0 Å². The predicted molar refractivity (Wildman–Crippen MR) is 69.0 cm³/mol. The highest BCUT2D eigenvalue weighted by molar-refractivity contribution is 14.1. The lowest BCUT2D eigenvalue weighted by Gasteiger charge is -2.23. The molecule has 3 heteroatoms. The summed E-state index contributed by atoms with van der Waals surface area (Å²) in [6, 6.07) is 6.35. The van der Waals surface area contributed by atoms with E-state index in [1.54, 1.807) is 0 Å². The minimum Gasteiger partial charge on any atom is -0.316 e. The Morgan fingerprint density at radius 2 is 2.29 bits per heavy atom. The lowest BCUT2D eigenvalue weighted by molar-refractivity contribution is 0.462. The van der Waals surface area contributed by atoms with Crippen LogP contribution in [-0.4, -0.2) is 13.1 Å². The molecule has 1 atom stereocenters. The van der Waals surface area contributed by atoms with E-state index in [1.165, 1.54) is 22.0 Å². The molecule has 1 N–H and O–H groups in total. The smallest absolute Gasteiger partial charge is 0.0451 e. The van der Waals surface area contributed by atoms with Crippen LogP contribution in [0.5, 0.6) is 0 Å². The zero-order chi connectivity index (χ0) is 9.97. The van der Waals surface area contributed by atoms with Gasteiger partial charge in [0, 0.05) is 15.1 Å². The highest BCUT2D eigenvalue weighted by atomic mass is 127. The summed E-state index contributed by atoms with van der Waals surface area (Å²) >= 11 is 8.52. The standard InChI is InChI=1S/C11H13ClIN/c12-11-6-9(13)3-4-10(11)8-2-1-5-14-7-8/h3-4,6,8,14H,1-2,5,7H2/t8-/m0/s1. The molecule has 1 saturated heterocycles. The topological polar surface area (TPSA) is 12.0 Å². The molecular weight excluding hydrogens is 308 g/mol. The molecule has 0 radical (unpaired) electrons. The first kappa shape index (κ1) is 10.7. The maximum Gasteiger partial charge on any atom is 0.0451 e. The number of hydrogen-bond acceptors (Lipinski definition) is 1. The van der Waals surface area contributed by atoms with Gasteiger partial charge in [0.15, 0.2) is 0 Å². The Labute approximate surface area is 103 Å². The van der Waals surface area contributed by atoms with Gasteiger partial charge in [0.2, 0.25) is 0 Å². The Morgan fingerprint density at radius 1 is 1.43 bits per heavy atom. The van der Waals surface area contributed by atoms with Crippen LogP contribution < -0.4 is 5.32 Å². The van der Waals surface area contributed by atoms with E-state index in [4.69, 9.17) is 11.6 Å². The van der Waals surface area contributed by atoms with E-state index in [-0.39, 0.29) is 0 Å². The predicted octanol–water partition coefficient (Wildman–Crippen LogP) is 3.41. The van der Waals surface area contributed by atoms with Crippen molar-refractivity contribution in [2.75, 3.05) is 13.1 Å². The number of halogens is 2. The van der Waals surface area contributed by atoms with Crippen LogP contribution in [0.3, 0.4) is 0 Å². The minimum atomic E-state index is 0.605. The average molecular weight is 322 g/mol. The van der Waals surface area contributed by atoms with Crippen molar-refractivity contribution in [1.82, 2.24) is 5.32 Å². The van der Waals surface area contributed by atoms with E-state index in [2.05, 4.69) is 40.0 Å². The largest absolute Gasteiger partial charge is 0.316 e. The molecule has 0 aliphatic carbocycles. The molecule has 1 aliphatic heterocycles. The van der Waals surface area contributed by atoms with Crippen LogP contribution in [0.25, 0.3) is 0 Å². The summed E-state index contributed by atoms with van der Waals surface area (Å²) in [6.07, 6.45) is 2.51. The number of hydrogen-bond donors (Lipinski definition) is 1. The van der Waals surface area contributed by atoms with Crippen LogP contribution in [0.2, 0.25) is 5.02 Å². The van der Waals surface area contributed by atoms with Crippen molar-refractivity contribution in [3.8, 4) is 0 Å². The van der Waals surface area contributed by atoms with E-state index >= 15 is 0 Å². The molecule has 14 heavy (non-hydrogen) atoms. The van der Waals surface area contributed by atoms with Crippen LogP contribution in [0.15, 0.2) is 18.2 Å². The Balaban J connectivity index is 2.22. The summed E-state index contributed by atoms with van der Waals surface area (Å²) in [5.41, 5.74) is 1.30. The molecule has 0 bridgehead atoms. The Bertz CT molecular complexity index is 321. The molecule has 0 amide bonds.